The molecule has 1 aromatic carbocycles. The zero-order chi connectivity index (χ0) is 12.8. The van der Waals surface area contributed by atoms with Crippen LogP contribution in [0.1, 0.15) is 11.1 Å². The van der Waals surface area contributed by atoms with Crippen molar-refractivity contribution in [3.05, 3.63) is 45.5 Å². The summed E-state index contributed by atoms with van der Waals surface area (Å²) >= 11 is 0. The van der Waals surface area contributed by atoms with Crippen LogP contribution in [0.2, 0.25) is 0 Å². The highest BCUT2D eigenvalue weighted by Gasteiger charge is 2.11. The number of rotatable bonds is 6. The van der Waals surface area contributed by atoms with E-state index in [9.17, 15) is 19.7 Å². The smallest absolute Gasteiger partial charge is 0.372 e. The Bertz CT molecular complexity index is 439. The van der Waals surface area contributed by atoms with Crippen molar-refractivity contribution in [2.24, 2.45) is 0 Å². The van der Waals surface area contributed by atoms with E-state index in [0.29, 0.717) is 11.1 Å². The SMILES string of the molecule is O=C(O)C(=O)Cc1ccc(CO[N+](=O)[O-])cc1. The van der Waals surface area contributed by atoms with E-state index < -0.39 is 16.8 Å². The van der Waals surface area contributed by atoms with Crippen LogP contribution >= 0.6 is 0 Å². The number of carboxylic acid groups (broad SMARTS) is 1. The second kappa shape index (κ2) is 5.59. The van der Waals surface area contributed by atoms with Gasteiger partial charge in [-0.25, -0.2) is 4.79 Å². The van der Waals surface area contributed by atoms with Crippen molar-refractivity contribution in [1.29, 1.82) is 0 Å². The van der Waals surface area contributed by atoms with Crippen molar-refractivity contribution in [1.82, 2.24) is 0 Å². The van der Waals surface area contributed by atoms with Gasteiger partial charge >= 0.3 is 5.97 Å². The van der Waals surface area contributed by atoms with Gasteiger partial charge < -0.3 is 9.94 Å². The minimum absolute atomic E-state index is 0.180. The van der Waals surface area contributed by atoms with Crippen LogP contribution in [0.15, 0.2) is 24.3 Å². The maximum Gasteiger partial charge on any atom is 0.372 e. The minimum atomic E-state index is -1.48. The molecule has 0 saturated carbocycles. The molecule has 1 aromatic rings. The molecule has 0 heterocycles. The summed E-state index contributed by atoms with van der Waals surface area (Å²) in [5.41, 5.74) is 1.09. The molecule has 0 atom stereocenters. The summed E-state index contributed by atoms with van der Waals surface area (Å²) in [4.78, 5) is 35.3. The molecular formula is C10H9NO6. The quantitative estimate of drug-likeness (QED) is 0.442. The maximum atomic E-state index is 10.9. The van der Waals surface area contributed by atoms with Crippen molar-refractivity contribution >= 4 is 11.8 Å². The van der Waals surface area contributed by atoms with Crippen molar-refractivity contribution in [2.45, 2.75) is 13.0 Å². The summed E-state index contributed by atoms with van der Waals surface area (Å²) in [6.45, 7) is -0.180. The summed E-state index contributed by atoms with van der Waals surface area (Å²) in [7, 11) is 0. The molecule has 7 heteroatoms. The van der Waals surface area contributed by atoms with Gasteiger partial charge in [0.25, 0.3) is 5.09 Å². The molecule has 7 nitrogen and oxygen atoms in total. The fraction of sp³-hybridized carbons (Fsp3) is 0.200. The first-order chi connectivity index (χ1) is 7.99. The third kappa shape index (κ3) is 4.29. The predicted octanol–water partition coefficient (Wildman–Crippen LogP) is 0.591. The molecular weight excluding hydrogens is 230 g/mol. The molecule has 0 aromatic heterocycles. The molecule has 0 spiro atoms. The van der Waals surface area contributed by atoms with E-state index in [1.165, 1.54) is 24.3 Å². The van der Waals surface area contributed by atoms with Crippen molar-refractivity contribution in [2.75, 3.05) is 0 Å². The Balaban J connectivity index is 2.58. The minimum Gasteiger partial charge on any atom is -0.475 e. The van der Waals surface area contributed by atoms with Crippen LogP contribution in [-0.2, 0) is 27.5 Å². The number of ketones is 1. The molecule has 0 aliphatic heterocycles. The van der Waals surface area contributed by atoms with Crippen molar-refractivity contribution in [3.8, 4) is 0 Å². The van der Waals surface area contributed by atoms with Crippen LogP contribution in [-0.4, -0.2) is 21.9 Å². The van der Waals surface area contributed by atoms with Crippen LogP contribution in [0.25, 0.3) is 0 Å². The highest BCUT2D eigenvalue weighted by Crippen LogP contribution is 2.07. The zero-order valence-corrected chi connectivity index (χ0v) is 8.66. The van der Waals surface area contributed by atoms with Gasteiger partial charge in [0.1, 0.15) is 6.61 Å². The fourth-order valence-corrected chi connectivity index (χ4v) is 1.14. The Morgan fingerprint density at radius 2 is 1.76 bits per heavy atom. The number of Topliss-reactive ketones (excluding diaryl/α,β-unsaturated/α-hetero) is 1. The molecule has 17 heavy (non-hydrogen) atoms. The van der Waals surface area contributed by atoms with Gasteiger partial charge in [0.2, 0.25) is 5.78 Å². The van der Waals surface area contributed by atoms with Crippen molar-refractivity contribution in [3.63, 3.8) is 0 Å². The first-order valence-corrected chi connectivity index (χ1v) is 4.60. The van der Waals surface area contributed by atoms with E-state index in [0.717, 1.165) is 0 Å². The van der Waals surface area contributed by atoms with E-state index in [1.807, 2.05) is 0 Å². The van der Waals surface area contributed by atoms with Crippen LogP contribution in [0.3, 0.4) is 0 Å². The highest BCUT2D eigenvalue weighted by molar-refractivity contribution is 6.33. The Kier molecular flexibility index (Phi) is 4.15. The normalized spacial score (nSPS) is 9.65. The van der Waals surface area contributed by atoms with E-state index in [2.05, 4.69) is 4.84 Å². The standard InChI is InChI=1S/C10H9NO6/c12-9(10(13)14)5-7-1-3-8(4-2-7)6-17-11(15)16/h1-4H,5-6H2,(H,13,14). The molecule has 0 aliphatic rings. The summed E-state index contributed by atoms with van der Waals surface area (Å²) < 4.78 is 0. The van der Waals surface area contributed by atoms with Gasteiger partial charge in [0.05, 0.1) is 0 Å². The molecule has 1 N–H and O–H groups in total. The number of hydrogen-bond donors (Lipinski definition) is 1. The summed E-state index contributed by atoms with van der Waals surface area (Å²) in [5.74, 6) is -2.38. The average molecular weight is 239 g/mol. The van der Waals surface area contributed by atoms with Gasteiger partial charge in [0.15, 0.2) is 0 Å². The van der Waals surface area contributed by atoms with E-state index in [4.69, 9.17) is 5.11 Å². The molecule has 1 rings (SSSR count). The van der Waals surface area contributed by atoms with Crippen LogP contribution in [0.4, 0.5) is 0 Å². The molecule has 90 valence electrons. The van der Waals surface area contributed by atoms with Gasteiger partial charge in [-0.2, -0.15) is 0 Å². The van der Waals surface area contributed by atoms with Crippen LogP contribution < -0.4 is 0 Å². The van der Waals surface area contributed by atoms with Gasteiger partial charge in [0, 0.05) is 6.42 Å². The Labute approximate surface area is 95.7 Å². The van der Waals surface area contributed by atoms with Gasteiger partial charge in [-0.05, 0) is 11.1 Å². The first kappa shape index (κ1) is 12.6. The van der Waals surface area contributed by atoms with E-state index >= 15 is 0 Å². The van der Waals surface area contributed by atoms with Gasteiger partial charge in [-0.15, -0.1) is 10.1 Å². The van der Waals surface area contributed by atoms with E-state index in [-0.39, 0.29) is 13.0 Å². The van der Waals surface area contributed by atoms with Crippen LogP contribution in [0, 0.1) is 10.1 Å². The number of carboxylic acids is 1. The predicted molar refractivity (Wildman–Crippen MR) is 54.6 cm³/mol. The molecule has 0 amide bonds. The number of carbonyl (C=O) groups excluding carboxylic acids is 1. The fourth-order valence-electron chi connectivity index (χ4n) is 1.14. The number of aliphatic carboxylic acids is 1. The second-order valence-corrected chi connectivity index (χ2v) is 3.22. The molecule has 0 radical (unpaired) electrons. The van der Waals surface area contributed by atoms with Crippen LogP contribution in [0.5, 0.6) is 0 Å². The lowest BCUT2D eigenvalue weighted by Crippen LogP contribution is -2.14. The zero-order valence-electron chi connectivity index (χ0n) is 8.66. The lowest BCUT2D eigenvalue weighted by atomic mass is 10.1. The lowest BCUT2D eigenvalue weighted by Gasteiger charge is -2.01. The topological polar surface area (TPSA) is 107 Å². The number of benzene rings is 1. The molecule has 0 aliphatic carbocycles. The van der Waals surface area contributed by atoms with E-state index in [1.54, 1.807) is 0 Å². The number of carbonyl (C=O) groups is 2. The summed E-state index contributed by atoms with van der Waals surface area (Å²) in [6, 6.07) is 6.13. The molecule has 0 unspecified atom stereocenters. The van der Waals surface area contributed by atoms with Crippen molar-refractivity contribution < 1.29 is 24.6 Å². The Hall–Kier alpha value is -2.44. The second-order valence-electron chi connectivity index (χ2n) is 3.22. The molecule has 0 saturated heterocycles. The monoisotopic (exact) mass is 239 g/mol. The number of hydrogen-bond acceptors (Lipinski definition) is 5. The first-order valence-electron chi connectivity index (χ1n) is 4.60. The lowest BCUT2D eigenvalue weighted by molar-refractivity contribution is -0.763. The Morgan fingerprint density at radius 3 is 2.24 bits per heavy atom. The maximum absolute atomic E-state index is 10.9. The number of nitrogens with zero attached hydrogens (tertiary/aromatic N) is 1. The third-order valence-electron chi connectivity index (χ3n) is 1.96. The highest BCUT2D eigenvalue weighted by atomic mass is 16.9. The summed E-state index contributed by atoms with van der Waals surface area (Å²) in [6.07, 6.45) is -0.203. The summed E-state index contributed by atoms with van der Waals surface area (Å²) in [5, 5.41) is 17.4. The molecule has 0 bridgehead atoms. The van der Waals surface area contributed by atoms with Gasteiger partial charge in [-0.1, -0.05) is 24.3 Å². The third-order valence-corrected chi connectivity index (χ3v) is 1.96. The average Bonchev–Trinajstić information content (AvgIpc) is 2.28. The molecule has 0 fully saturated rings. The Morgan fingerprint density at radius 1 is 1.24 bits per heavy atom. The largest absolute Gasteiger partial charge is 0.475 e. The van der Waals surface area contributed by atoms with Gasteiger partial charge in [-0.3, -0.25) is 4.79 Å².